The fourth-order valence-electron chi connectivity index (χ4n) is 2.63. The van der Waals surface area contributed by atoms with Crippen LogP contribution >= 0.6 is 11.6 Å². The minimum Gasteiger partial charge on any atom is -0.468 e. The molecule has 1 aromatic rings. The molecule has 3 rings (SSSR count). The van der Waals surface area contributed by atoms with Gasteiger partial charge in [-0.2, -0.15) is 0 Å². The molecule has 0 bridgehead atoms. The summed E-state index contributed by atoms with van der Waals surface area (Å²) >= 11 is 5.94. The Bertz CT molecular complexity index is 474. The highest BCUT2D eigenvalue weighted by atomic mass is 35.5. The molecular formula is C12H12ClNO2. The Morgan fingerprint density at radius 3 is 3.19 bits per heavy atom. The monoisotopic (exact) mass is 237 g/mol. The normalized spacial score (nSPS) is 30.2. The Kier molecular flexibility index (Phi) is 2.03. The van der Waals surface area contributed by atoms with Crippen LogP contribution in [0.1, 0.15) is 23.5 Å². The van der Waals surface area contributed by atoms with Crippen LogP contribution in [0.3, 0.4) is 0 Å². The van der Waals surface area contributed by atoms with E-state index < -0.39 is 5.54 Å². The maximum Gasteiger partial charge on any atom is 0.326 e. The van der Waals surface area contributed by atoms with Gasteiger partial charge in [0.05, 0.1) is 7.11 Å². The largest absolute Gasteiger partial charge is 0.468 e. The number of carbonyl (C=O) groups excluding carboxylic acids is 1. The third-order valence-electron chi connectivity index (χ3n) is 3.59. The standard InChI is InChI=1S/C12H12ClNO2/c1-16-11(15)12-5-10(12)9-3-2-8(13)4-7(9)6-14-12/h2-4,10,14H,5-6H2,1H3/t10-,12-/m0/s1. The maximum absolute atomic E-state index is 11.7. The third-order valence-corrected chi connectivity index (χ3v) is 3.82. The maximum atomic E-state index is 11.7. The number of carbonyl (C=O) groups is 1. The van der Waals surface area contributed by atoms with E-state index in [1.165, 1.54) is 18.2 Å². The lowest BCUT2D eigenvalue weighted by Gasteiger charge is -2.24. The third kappa shape index (κ3) is 1.22. The van der Waals surface area contributed by atoms with Crippen LogP contribution in [0.2, 0.25) is 5.02 Å². The SMILES string of the molecule is COC(=O)[C@]12C[C@H]1c1ccc(Cl)cc1CN2. The molecule has 0 unspecified atom stereocenters. The van der Waals surface area contributed by atoms with E-state index in [0.717, 1.165) is 11.4 Å². The highest BCUT2D eigenvalue weighted by molar-refractivity contribution is 6.30. The van der Waals surface area contributed by atoms with Crippen molar-refractivity contribution in [3.05, 3.63) is 34.3 Å². The zero-order valence-corrected chi connectivity index (χ0v) is 9.67. The Hall–Kier alpha value is -1.06. The molecule has 3 nitrogen and oxygen atoms in total. The van der Waals surface area contributed by atoms with Gasteiger partial charge in [0.15, 0.2) is 0 Å². The molecule has 1 aromatic carbocycles. The van der Waals surface area contributed by atoms with Gasteiger partial charge in [0, 0.05) is 17.5 Å². The number of halogens is 1. The van der Waals surface area contributed by atoms with Crippen LogP contribution in [0.15, 0.2) is 18.2 Å². The van der Waals surface area contributed by atoms with E-state index in [1.807, 2.05) is 18.2 Å². The number of nitrogens with one attached hydrogen (secondary N) is 1. The lowest BCUT2D eigenvalue weighted by Crippen LogP contribution is -2.43. The fourth-order valence-corrected chi connectivity index (χ4v) is 2.83. The summed E-state index contributed by atoms with van der Waals surface area (Å²) in [4.78, 5) is 11.7. The molecule has 0 amide bonds. The van der Waals surface area contributed by atoms with E-state index in [1.54, 1.807) is 0 Å². The first-order chi connectivity index (χ1) is 7.67. The predicted molar refractivity (Wildman–Crippen MR) is 60.4 cm³/mol. The first kappa shape index (κ1) is 10.1. The van der Waals surface area contributed by atoms with Gasteiger partial charge in [-0.25, -0.2) is 0 Å². The van der Waals surface area contributed by atoms with Crippen LogP contribution in [-0.2, 0) is 16.1 Å². The van der Waals surface area contributed by atoms with Gasteiger partial charge in [-0.1, -0.05) is 17.7 Å². The number of hydrogen-bond acceptors (Lipinski definition) is 3. The quantitative estimate of drug-likeness (QED) is 0.758. The van der Waals surface area contributed by atoms with Crippen molar-refractivity contribution in [2.45, 2.75) is 24.4 Å². The van der Waals surface area contributed by atoms with Gasteiger partial charge in [0.1, 0.15) is 5.54 Å². The number of fused-ring (bicyclic) bond motifs is 3. The van der Waals surface area contributed by atoms with Crippen LogP contribution in [0.5, 0.6) is 0 Å². The van der Waals surface area contributed by atoms with Crippen LogP contribution in [-0.4, -0.2) is 18.6 Å². The van der Waals surface area contributed by atoms with Crippen LogP contribution in [0, 0.1) is 0 Å². The van der Waals surface area contributed by atoms with Gasteiger partial charge in [-0.3, -0.25) is 10.1 Å². The summed E-state index contributed by atoms with van der Waals surface area (Å²) in [6.07, 6.45) is 0.828. The van der Waals surface area contributed by atoms with Crippen LogP contribution < -0.4 is 5.32 Å². The number of hydrogen-bond donors (Lipinski definition) is 1. The summed E-state index contributed by atoms with van der Waals surface area (Å²) in [5, 5.41) is 4.01. The van der Waals surface area contributed by atoms with Crippen LogP contribution in [0.4, 0.5) is 0 Å². The Labute approximate surface area is 98.7 Å². The molecule has 0 aromatic heterocycles. The molecule has 0 saturated heterocycles. The molecule has 0 radical (unpaired) electrons. The van der Waals surface area contributed by atoms with E-state index in [2.05, 4.69) is 5.32 Å². The van der Waals surface area contributed by atoms with Crippen molar-refractivity contribution in [2.24, 2.45) is 0 Å². The first-order valence-corrected chi connectivity index (χ1v) is 5.67. The molecule has 1 saturated carbocycles. The van der Waals surface area contributed by atoms with E-state index in [4.69, 9.17) is 16.3 Å². The molecule has 16 heavy (non-hydrogen) atoms. The smallest absolute Gasteiger partial charge is 0.326 e. The predicted octanol–water partition coefficient (Wildman–Crippen LogP) is 1.84. The Balaban J connectivity index is 1.98. The molecular weight excluding hydrogens is 226 g/mol. The minimum absolute atomic E-state index is 0.155. The van der Waals surface area contributed by atoms with E-state index in [9.17, 15) is 4.79 Å². The van der Waals surface area contributed by atoms with Crippen molar-refractivity contribution in [3.8, 4) is 0 Å². The zero-order chi connectivity index (χ0) is 11.3. The molecule has 1 fully saturated rings. The number of rotatable bonds is 1. The van der Waals surface area contributed by atoms with Gasteiger partial charge in [-0.05, 0) is 29.7 Å². The number of esters is 1. The molecule has 2 aliphatic rings. The second-order valence-electron chi connectivity index (χ2n) is 4.42. The van der Waals surface area contributed by atoms with Crippen molar-refractivity contribution in [1.82, 2.24) is 5.32 Å². The molecule has 1 aliphatic heterocycles. The number of methoxy groups -OCH3 is 1. The summed E-state index contributed by atoms with van der Waals surface area (Å²) in [7, 11) is 1.44. The fraction of sp³-hybridized carbons (Fsp3) is 0.417. The molecule has 4 heteroatoms. The molecule has 84 valence electrons. The van der Waals surface area contributed by atoms with Crippen molar-refractivity contribution in [3.63, 3.8) is 0 Å². The van der Waals surface area contributed by atoms with Crippen molar-refractivity contribution < 1.29 is 9.53 Å². The van der Waals surface area contributed by atoms with Crippen LogP contribution in [0.25, 0.3) is 0 Å². The highest BCUT2D eigenvalue weighted by Gasteiger charge is 2.63. The summed E-state index contributed by atoms with van der Waals surface area (Å²) in [5.74, 6) is 0.0964. The second kappa shape index (κ2) is 3.22. The van der Waals surface area contributed by atoms with Gasteiger partial charge < -0.3 is 4.74 Å². The number of benzene rings is 1. The van der Waals surface area contributed by atoms with E-state index in [0.29, 0.717) is 6.54 Å². The molecule has 1 N–H and O–H groups in total. The van der Waals surface area contributed by atoms with E-state index >= 15 is 0 Å². The summed E-state index contributed by atoms with van der Waals surface area (Å²) < 4.78 is 4.85. The molecule has 2 atom stereocenters. The lowest BCUT2D eigenvalue weighted by atomic mass is 9.96. The average Bonchev–Trinajstić information content (AvgIpc) is 3.03. The van der Waals surface area contributed by atoms with Gasteiger partial charge in [0.25, 0.3) is 0 Å². The topological polar surface area (TPSA) is 38.3 Å². The zero-order valence-electron chi connectivity index (χ0n) is 8.92. The van der Waals surface area contributed by atoms with Gasteiger partial charge in [0.2, 0.25) is 0 Å². The Morgan fingerprint density at radius 2 is 2.44 bits per heavy atom. The highest BCUT2D eigenvalue weighted by Crippen LogP contribution is 2.55. The minimum atomic E-state index is -0.463. The molecule has 1 aliphatic carbocycles. The average molecular weight is 238 g/mol. The van der Waals surface area contributed by atoms with Crippen molar-refractivity contribution in [2.75, 3.05) is 7.11 Å². The summed E-state index contributed by atoms with van der Waals surface area (Å²) in [5.41, 5.74) is 1.96. The lowest BCUT2D eigenvalue weighted by molar-refractivity contribution is -0.144. The van der Waals surface area contributed by atoms with Crippen molar-refractivity contribution >= 4 is 17.6 Å². The summed E-state index contributed by atoms with van der Waals surface area (Å²) in [6.45, 7) is 0.682. The molecule has 0 spiro atoms. The Morgan fingerprint density at radius 1 is 1.62 bits per heavy atom. The number of ether oxygens (including phenoxy) is 1. The van der Waals surface area contributed by atoms with E-state index in [-0.39, 0.29) is 11.9 Å². The molecule has 1 heterocycles. The van der Waals surface area contributed by atoms with Gasteiger partial charge in [-0.15, -0.1) is 0 Å². The van der Waals surface area contributed by atoms with Crippen molar-refractivity contribution in [1.29, 1.82) is 0 Å². The summed E-state index contributed by atoms with van der Waals surface area (Å²) in [6, 6.07) is 5.86. The first-order valence-electron chi connectivity index (χ1n) is 5.29. The van der Waals surface area contributed by atoms with Gasteiger partial charge >= 0.3 is 5.97 Å². The second-order valence-corrected chi connectivity index (χ2v) is 4.85.